The topological polar surface area (TPSA) is 133 Å². The molecular formula is C36H35ClFN9O3. The molecule has 2 aromatic heterocycles. The number of Topliss-reactive ketones (excluding diaryl/α,β-unsaturated/α-hetero) is 1. The summed E-state index contributed by atoms with van der Waals surface area (Å²) in [5.41, 5.74) is 3.67. The molecule has 2 aliphatic rings. The van der Waals surface area contributed by atoms with E-state index >= 15 is 0 Å². The Kier molecular flexibility index (Phi) is 9.50. The number of carbonyl (C=O) groups is 3. The van der Waals surface area contributed by atoms with Crippen LogP contribution < -0.4 is 0 Å². The maximum absolute atomic E-state index is 14.5. The number of amides is 2. The van der Waals surface area contributed by atoms with Crippen LogP contribution in [0.4, 0.5) is 4.39 Å². The molecule has 7 rings (SSSR count). The van der Waals surface area contributed by atoms with Crippen molar-refractivity contribution in [1.82, 2.24) is 45.1 Å². The lowest BCUT2D eigenvalue weighted by molar-refractivity contribution is -0.141. The predicted octanol–water partition coefficient (Wildman–Crippen LogP) is 4.07. The van der Waals surface area contributed by atoms with Gasteiger partial charge in [0.25, 0.3) is 0 Å². The number of aromatic amines is 1. The molecule has 2 saturated heterocycles. The van der Waals surface area contributed by atoms with Crippen LogP contribution in [0.25, 0.3) is 22.7 Å². The molecule has 2 amide bonds. The van der Waals surface area contributed by atoms with E-state index < -0.39 is 12.0 Å². The number of ketones is 1. The van der Waals surface area contributed by atoms with E-state index in [9.17, 15) is 18.8 Å². The van der Waals surface area contributed by atoms with E-state index in [1.165, 1.54) is 29.2 Å². The Morgan fingerprint density at radius 1 is 1.02 bits per heavy atom. The molecule has 0 unspecified atom stereocenters. The summed E-state index contributed by atoms with van der Waals surface area (Å²) < 4.78 is 15.7. The molecule has 0 spiro atoms. The molecule has 50 heavy (non-hydrogen) atoms. The first kappa shape index (κ1) is 33.2. The van der Waals surface area contributed by atoms with Crippen LogP contribution in [0.5, 0.6) is 0 Å². The summed E-state index contributed by atoms with van der Waals surface area (Å²) >= 11 is 6.35. The minimum Gasteiger partial charge on any atom is -0.340 e. The number of rotatable bonds is 8. The number of piperazine rings is 1. The highest BCUT2D eigenvalue weighted by Crippen LogP contribution is 2.37. The Bertz CT molecular complexity index is 2040. The van der Waals surface area contributed by atoms with E-state index in [1.807, 2.05) is 23.1 Å². The summed E-state index contributed by atoms with van der Waals surface area (Å²) in [7, 11) is 0. The molecule has 3 atom stereocenters. The highest BCUT2D eigenvalue weighted by atomic mass is 35.5. The van der Waals surface area contributed by atoms with Crippen molar-refractivity contribution in [3.8, 4) is 5.69 Å². The maximum atomic E-state index is 14.5. The molecule has 0 aliphatic carbocycles. The number of hydrogen-bond acceptors (Lipinski definition) is 8. The summed E-state index contributed by atoms with van der Waals surface area (Å²) in [5, 5.41) is 19.8. The van der Waals surface area contributed by atoms with Crippen LogP contribution in [-0.4, -0.2) is 108 Å². The number of likely N-dealkylation sites (tertiary alicyclic amines) is 1. The van der Waals surface area contributed by atoms with E-state index in [0.29, 0.717) is 55.4 Å². The Morgan fingerprint density at radius 3 is 2.56 bits per heavy atom. The second kappa shape index (κ2) is 14.3. The number of carbonyl (C=O) groups excluding carboxylic acids is 3. The highest BCUT2D eigenvalue weighted by Gasteiger charge is 2.44. The molecule has 2 fully saturated rings. The van der Waals surface area contributed by atoms with Gasteiger partial charge < -0.3 is 9.80 Å². The highest BCUT2D eigenvalue weighted by molar-refractivity contribution is 6.30. The lowest BCUT2D eigenvalue weighted by Gasteiger charge is -2.49. The van der Waals surface area contributed by atoms with E-state index in [0.717, 1.165) is 22.0 Å². The average Bonchev–Trinajstić information content (AvgIpc) is 3.83. The van der Waals surface area contributed by atoms with Gasteiger partial charge in [-0.1, -0.05) is 29.8 Å². The van der Waals surface area contributed by atoms with Crippen LogP contribution in [0.3, 0.4) is 0 Å². The van der Waals surface area contributed by atoms with Crippen LogP contribution in [0.2, 0.25) is 5.02 Å². The third kappa shape index (κ3) is 7.05. The summed E-state index contributed by atoms with van der Waals surface area (Å²) in [6.07, 6.45) is 6.94. The summed E-state index contributed by atoms with van der Waals surface area (Å²) in [5.74, 6) is -1.24. The standard InChI is InChI=1S/C36H35ClFN9O3/c1-23(48)44-12-14-45(15-13-44)30-19-31(25-3-7-29(38)8-4-25)36(34(49)17-24-2-9-32-27(16-24)20-39-41-32)46(21-30)35(50)11-5-26-18-28(37)6-10-33(26)47-22-40-42-43-47/h2-11,16,18,20,22,30-31,36H,12-15,17,19,21H2,1H3,(H,39,41)/b11-5+/t30-,31-,36-/m0/s1. The van der Waals surface area contributed by atoms with Gasteiger partial charge in [-0.25, -0.2) is 4.39 Å². The molecule has 0 saturated carbocycles. The second-order valence-corrected chi connectivity index (χ2v) is 13.2. The van der Waals surface area contributed by atoms with Crippen molar-refractivity contribution < 1.29 is 18.8 Å². The number of nitrogens with zero attached hydrogens (tertiary/aromatic N) is 8. The van der Waals surface area contributed by atoms with Crippen LogP contribution in [0.1, 0.15) is 36.0 Å². The molecule has 3 aromatic carbocycles. The average molecular weight is 696 g/mol. The Balaban J connectivity index is 1.25. The maximum Gasteiger partial charge on any atom is 0.247 e. The van der Waals surface area contributed by atoms with Gasteiger partial charge in [-0.2, -0.15) is 9.78 Å². The first-order valence-corrected chi connectivity index (χ1v) is 16.8. The lowest BCUT2D eigenvalue weighted by atomic mass is 9.78. The first-order valence-electron chi connectivity index (χ1n) is 16.4. The van der Waals surface area contributed by atoms with Crippen molar-refractivity contribution in [2.45, 2.75) is 37.8 Å². The molecule has 2 aliphatic heterocycles. The van der Waals surface area contributed by atoms with E-state index in [2.05, 4.69) is 30.6 Å². The van der Waals surface area contributed by atoms with Gasteiger partial charge in [0, 0.05) is 80.1 Å². The van der Waals surface area contributed by atoms with Gasteiger partial charge in [-0.05, 0) is 76.5 Å². The van der Waals surface area contributed by atoms with Gasteiger partial charge >= 0.3 is 0 Å². The molecule has 0 radical (unpaired) electrons. The molecule has 5 aromatic rings. The number of H-pyrrole nitrogens is 1. The zero-order valence-corrected chi connectivity index (χ0v) is 28.1. The third-order valence-corrected chi connectivity index (χ3v) is 9.95. The number of aromatic nitrogens is 6. The van der Waals surface area contributed by atoms with Crippen molar-refractivity contribution in [3.63, 3.8) is 0 Å². The van der Waals surface area contributed by atoms with Crippen molar-refractivity contribution in [1.29, 1.82) is 0 Å². The number of benzene rings is 3. The molecule has 4 heterocycles. The fourth-order valence-electron chi connectivity index (χ4n) is 7.18. The van der Waals surface area contributed by atoms with Gasteiger partial charge in [0.15, 0.2) is 5.78 Å². The molecule has 1 N–H and O–H groups in total. The summed E-state index contributed by atoms with van der Waals surface area (Å²) in [6.45, 7) is 4.30. The zero-order chi connectivity index (χ0) is 34.8. The van der Waals surface area contributed by atoms with Gasteiger partial charge in [-0.15, -0.1) is 5.10 Å². The SMILES string of the molecule is CC(=O)N1CCN([C@H]2C[C@@H](c3ccc(F)cc3)[C@@H](C(=O)Cc3ccc4[nH]ncc4c3)N(C(=O)/C=C/c3cc(Cl)ccc3-n3cnnn3)C2)CC1. The number of fused-ring (bicyclic) bond motifs is 1. The van der Waals surface area contributed by atoms with Crippen LogP contribution in [0.15, 0.2) is 79.3 Å². The minimum absolute atomic E-state index is 0.0285. The smallest absolute Gasteiger partial charge is 0.247 e. The molecule has 256 valence electrons. The first-order chi connectivity index (χ1) is 24.2. The van der Waals surface area contributed by atoms with E-state index in [1.54, 1.807) is 54.4 Å². The van der Waals surface area contributed by atoms with Gasteiger partial charge in [0.05, 0.1) is 23.4 Å². The van der Waals surface area contributed by atoms with Crippen molar-refractivity contribution in [2.24, 2.45) is 0 Å². The van der Waals surface area contributed by atoms with Gasteiger partial charge in [0.2, 0.25) is 11.8 Å². The Hall–Kier alpha value is -5.27. The molecular weight excluding hydrogens is 661 g/mol. The van der Waals surface area contributed by atoms with Gasteiger partial charge in [-0.3, -0.25) is 24.4 Å². The Morgan fingerprint density at radius 2 is 1.82 bits per heavy atom. The van der Waals surface area contributed by atoms with E-state index in [-0.39, 0.29) is 35.9 Å². The Labute approximate surface area is 292 Å². The third-order valence-electron chi connectivity index (χ3n) is 9.71. The molecule has 14 heteroatoms. The van der Waals surface area contributed by atoms with Crippen LogP contribution >= 0.6 is 11.6 Å². The number of tetrazole rings is 1. The summed E-state index contributed by atoms with van der Waals surface area (Å²) in [6, 6.07) is 16.1. The van der Waals surface area contributed by atoms with Crippen molar-refractivity contribution in [3.05, 3.63) is 107 Å². The fraction of sp³-hybridized carbons (Fsp3) is 0.306. The molecule has 0 bridgehead atoms. The lowest BCUT2D eigenvalue weighted by Crippen LogP contribution is -2.61. The minimum atomic E-state index is -0.828. The number of nitrogens with one attached hydrogen (secondary N) is 1. The van der Waals surface area contributed by atoms with Crippen LogP contribution in [0, 0.1) is 5.82 Å². The quantitative estimate of drug-likeness (QED) is 0.240. The van der Waals surface area contributed by atoms with Crippen LogP contribution in [-0.2, 0) is 20.8 Å². The predicted molar refractivity (Wildman–Crippen MR) is 185 cm³/mol. The monoisotopic (exact) mass is 695 g/mol. The normalized spacial score (nSPS) is 20.1. The van der Waals surface area contributed by atoms with Crippen molar-refractivity contribution >= 4 is 46.2 Å². The van der Waals surface area contributed by atoms with Crippen molar-refractivity contribution in [2.75, 3.05) is 32.7 Å². The number of halogens is 2. The van der Waals surface area contributed by atoms with Gasteiger partial charge in [0.1, 0.15) is 12.1 Å². The fourth-order valence-corrected chi connectivity index (χ4v) is 7.36. The number of piperidine rings is 1. The largest absolute Gasteiger partial charge is 0.340 e. The second-order valence-electron chi connectivity index (χ2n) is 12.8. The number of hydrogen-bond donors (Lipinski definition) is 1. The summed E-state index contributed by atoms with van der Waals surface area (Å²) in [4.78, 5) is 46.8. The molecule has 12 nitrogen and oxygen atoms in total. The zero-order valence-electron chi connectivity index (χ0n) is 27.3. The van der Waals surface area contributed by atoms with E-state index in [4.69, 9.17) is 11.6 Å².